The summed E-state index contributed by atoms with van der Waals surface area (Å²) < 4.78 is 0. The summed E-state index contributed by atoms with van der Waals surface area (Å²) in [5.74, 6) is -0.889. The highest BCUT2D eigenvalue weighted by Gasteiger charge is 2.06. The number of carboxylic acid groups (broad SMARTS) is 1. The monoisotopic (exact) mass is 247 g/mol. The van der Waals surface area contributed by atoms with Gasteiger partial charge < -0.3 is 10.0 Å². The number of hydrogen-bond donors (Lipinski definition) is 1. The highest BCUT2D eigenvalue weighted by Crippen LogP contribution is 2.09. The molecule has 4 nitrogen and oxygen atoms in total. The molecule has 96 valence electrons. The molecule has 18 heavy (non-hydrogen) atoms. The lowest BCUT2D eigenvalue weighted by molar-refractivity contribution is -0.131. The van der Waals surface area contributed by atoms with Gasteiger partial charge in [0.05, 0.1) is 0 Å². The minimum atomic E-state index is -0.973. The molecule has 4 heteroatoms. The van der Waals surface area contributed by atoms with Crippen molar-refractivity contribution < 1.29 is 14.7 Å². The Hall–Kier alpha value is -2.10. The summed E-state index contributed by atoms with van der Waals surface area (Å²) in [5, 5.41) is 8.55. The Morgan fingerprint density at radius 2 is 2.11 bits per heavy atom. The Bertz CT molecular complexity index is 466. The van der Waals surface area contributed by atoms with Crippen LogP contribution in [0.25, 0.3) is 6.08 Å². The van der Waals surface area contributed by atoms with E-state index in [2.05, 4.69) is 0 Å². The Kier molecular flexibility index (Phi) is 5.11. The second kappa shape index (κ2) is 6.59. The number of benzene rings is 1. The molecule has 1 aromatic carbocycles. The van der Waals surface area contributed by atoms with Crippen LogP contribution in [-0.4, -0.2) is 28.9 Å². The number of amides is 1. The van der Waals surface area contributed by atoms with Gasteiger partial charge in [0.2, 0.25) is 5.91 Å². The highest BCUT2D eigenvalue weighted by atomic mass is 16.4. The van der Waals surface area contributed by atoms with Gasteiger partial charge >= 0.3 is 5.97 Å². The number of rotatable bonds is 5. The topological polar surface area (TPSA) is 57.6 Å². The molecule has 0 bridgehead atoms. The average molecular weight is 247 g/mol. The first kappa shape index (κ1) is 14.0. The smallest absolute Gasteiger partial charge is 0.328 e. The van der Waals surface area contributed by atoms with Crippen LogP contribution in [-0.2, 0) is 16.1 Å². The molecular weight excluding hydrogens is 230 g/mol. The fraction of sp³-hybridized carbons (Fsp3) is 0.286. The lowest BCUT2D eigenvalue weighted by Gasteiger charge is -2.16. The van der Waals surface area contributed by atoms with E-state index in [4.69, 9.17) is 5.11 Å². The zero-order valence-electron chi connectivity index (χ0n) is 10.6. The van der Waals surface area contributed by atoms with Gasteiger partial charge in [-0.2, -0.15) is 0 Å². The van der Waals surface area contributed by atoms with Crippen LogP contribution in [0.2, 0.25) is 0 Å². The maximum absolute atomic E-state index is 11.5. The van der Waals surface area contributed by atoms with E-state index in [9.17, 15) is 9.59 Å². The van der Waals surface area contributed by atoms with Crippen LogP contribution >= 0.6 is 0 Å². The summed E-state index contributed by atoms with van der Waals surface area (Å²) in [6, 6.07) is 7.46. The van der Waals surface area contributed by atoms with Gasteiger partial charge in [-0.3, -0.25) is 4.79 Å². The van der Waals surface area contributed by atoms with E-state index < -0.39 is 5.97 Å². The molecule has 0 radical (unpaired) electrons. The third kappa shape index (κ3) is 4.41. The number of carbonyl (C=O) groups excluding carboxylic acids is 1. The van der Waals surface area contributed by atoms with Crippen molar-refractivity contribution in [2.24, 2.45) is 0 Å². The summed E-state index contributed by atoms with van der Waals surface area (Å²) in [4.78, 5) is 23.5. The predicted octanol–water partition coefficient (Wildman–Crippen LogP) is 2.15. The molecule has 0 heterocycles. The van der Waals surface area contributed by atoms with Crippen molar-refractivity contribution in [3.05, 3.63) is 41.5 Å². The van der Waals surface area contributed by atoms with Crippen LogP contribution in [0.1, 0.15) is 24.5 Å². The van der Waals surface area contributed by atoms with Crippen molar-refractivity contribution in [3.63, 3.8) is 0 Å². The predicted molar refractivity (Wildman–Crippen MR) is 69.9 cm³/mol. The molecule has 1 aromatic rings. The molecule has 0 saturated heterocycles. The van der Waals surface area contributed by atoms with Crippen LogP contribution < -0.4 is 0 Å². The lowest BCUT2D eigenvalue weighted by Crippen LogP contribution is -2.25. The number of carboxylic acids is 1. The summed E-state index contributed by atoms with van der Waals surface area (Å²) >= 11 is 0. The van der Waals surface area contributed by atoms with E-state index >= 15 is 0 Å². The second-order valence-corrected chi connectivity index (χ2v) is 4.02. The fourth-order valence-corrected chi connectivity index (χ4v) is 1.59. The number of nitrogens with zero attached hydrogens (tertiary/aromatic N) is 1. The first-order chi connectivity index (χ1) is 8.52. The minimum Gasteiger partial charge on any atom is -0.478 e. The van der Waals surface area contributed by atoms with Crippen molar-refractivity contribution in [2.75, 3.05) is 7.05 Å². The molecule has 1 rings (SSSR count). The van der Waals surface area contributed by atoms with Gasteiger partial charge in [-0.05, 0) is 23.3 Å². The van der Waals surface area contributed by atoms with Gasteiger partial charge in [-0.1, -0.05) is 25.1 Å². The summed E-state index contributed by atoms with van der Waals surface area (Å²) in [7, 11) is 1.76. The van der Waals surface area contributed by atoms with Crippen molar-refractivity contribution in [1.82, 2.24) is 4.90 Å². The van der Waals surface area contributed by atoms with Gasteiger partial charge in [0, 0.05) is 26.1 Å². The number of carbonyl (C=O) groups is 2. The summed E-state index contributed by atoms with van der Waals surface area (Å²) in [6.07, 6.45) is 3.11. The number of hydrogen-bond acceptors (Lipinski definition) is 2. The summed E-state index contributed by atoms with van der Waals surface area (Å²) in [5.41, 5.74) is 1.79. The molecule has 0 aliphatic carbocycles. The third-order valence-corrected chi connectivity index (χ3v) is 2.52. The van der Waals surface area contributed by atoms with E-state index in [1.54, 1.807) is 11.9 Å². The van der Waals surface area contributed by atoms with Crippen molar-refractivity contribution in [1.29, 1.82) is 0 Å². The van der Waals surface area contributed by atoms with Gasteiger partial charge in [-0.25, -0.2) is 4.79 Å². The van der Waals surface area contributed by atoms with E-state index in [1.165, 1.54) is 6.08 Å². The zero-order valence-corrected chi connectivity index (χ0v) is 10.6. The maximum Gasteiger partial charge on any atom is 0.328 e. The molecule has 0 aromatic heterocycles. The van der Waals surface area contributed by atoms with E-state index in [1.807, 2.05) is 31.2 Å². The second-order valence-electron chi connectivity index (χ2n) is 4.02. The van der Waals surface area contributed by atoms with Crippen molar-refractivity contribution in [3.8, 4) is 0 Å². The molecule has 0 aliphatic rings. The van der Waals surface area contributed by atoms with E-state index in [-0.39, 0.29) is 5.91 Å². The molecule has 0 saturated carbocycles. The Morgan fingerprint density at radius 1 is 1.39 bits per heavy atom. The largest absolute Gasteiger partial charge is 0.478 e. The lowest BCUT2D eigenvalue weighted by atomic mass is 10.1. The highest BCUT2D eigenvalue weighted by molar-refractivity contribution is 5.85. The Morgan fingerprint density at radius 3 is 2.72 bits per heavy atom. The quantitative estimate of drug-likeness (QED) is 0.811. The van der Waals surface area contributed by atoms with Crippen molar-refractivity contribution in [2.45, 2.75) is 19.9 Å². The number of aliphatic carboxylic acids is 1. The van der Waals surface area contributed by atoms with Crippen molar-refractivity contribution >= 4 is 18.0 Å². The zero-order chi connectivity index (χ0) is 13.5. The molecule has 1 amide bonds. The maximum atomic E-state index is 11.5. The normalized spacial score (nSPS) is 10.6. The van der Waals surface area contributed by atoms with Crippen LogP contribution in [0.15, 0.2) is 30.3 Å². The van der Waals surface area contributed by atoms with Gasteiger partial charge in [0.25, 0.3) is 0 Å². The molecule has 0 aliphatic heterocycles. The molecular formula is C14H17NO3. The van der Waals surface area contributed by atoms with E-state index in [0.29, 0.717) is 13.0 Å². The molecule has 0 unspecified atom stereocenters. The molecule has 0 fully saturated rings. The molecule has 0 atom stereocenters. The first-order valence-corrected chi connectivity index (χ1v) is 5.77. The minimum absolute atomic E-state index is 0.0847. The van der Waals surface area contributed by atoms with Gasteiger partial charge in [0.1, 0.15) is 0 Å². The van der Waals surface area contributed by atoms with Gasteiger partial charge in [-0.15, -0.1) is 0 Å². The van der Waals surface area contributed by atoms with Crippen LogP contribution in [0.4, 0.5) is 0 Å². The standard InChI is InChI=1S/C14H17NO3/c1-3-13(16)15(2)10-12-6-4-5-11(9-12)7-8-14(17)18/h4-9H,3,10H2,1-2H3,(H,17,18). The molecule has 1 N–H and O–H groups in total. The average Bonchev–Trinajstić information content (AvgIpc) is 2.35. The van der Waals surface area contributed by atoms with Gasteiger partial charge in [0.15, 0.2) is 0 Å². The molecule has 0 spiro atoms. The fourth-order valence-electron chi connectivity index (χ4n) is 1.59. The van der Waals surface area contributed by atoms with E-state index in [0.717, 1.165) is 17.2 Å². The Labute approximate surface area is 107 Å². The van der Waals surface area contributed by atoms with Crippen LogP contribution in [0.3, 0.4) is 0 Å². The van der Waals surface area contributed by atoms with Crippen LogP contribution in [0.5, 0.6) is 0 Å². The van der Waals surface area contributed by atoms with Crippen LogP contribution in [0, 0.1) is 0 Å². The summed E-state index contributed by atoms with van der Waals surface area (Å²) in [6.45, 7) is 2.35. The third-order valence-electron chi connectivity index (χ3n) is 2.52. The Balaban J connectivity index is 2.76. The first-order valence-electron chi connectivity index (χ1n) is 5.77. The SMILES string of the molecule is CCC(=O)N(C)Cc1cccc(C=CC(=O)O)c1.